The molecule has 2 aromatic rings. The van der Waals surface area contributed by atoms with Crippen molar-refractivity contribution in [3.8, 4) is 6.07 Å². The van der Waals surface area contributed by atoms with Crippen LogP contribution in [0.4, 0.5) is 11.4 Å². The number of carbonyl (C=O) groups is 4. The molecule has 1 heterocycles. The molecule has 0 aromatic heterocycles. The quantitative estimate of drug-likeness (QED) is 0.603. The van der Waals surface area contributed by atoms with Gasteiger partial charge in [-0.1, -0.05) is 15.9 Å². The highest BCUT2D eigenvalue weighted by Crippen LogP contribution is 2.26. The molecule has 0 aliphatic carbocycles. The van der Waals surface area contributed by atoms with Gasteiger partial charge in [0, 0.05) is 28.8 Å². The van der Waals surface area contributed by atoms with E-state index in [1.807, 2.05) is 0 Å². The van der Waals surface area contributed by atoms with Gasteiger partial charge in [-0.25, -0.2) is 0 Å². The van der Waals surface area contributed by atoms with Crippen LogP contribution in [0, 0.1) is 11.3 Å². The van der Waals surface area contributed by atoms with Crippen LogP contribution in [0.15, 0.2) is 46.9 Å². The Balaban J connectivity index is 1.48. The molecule has 4 amide bonds. The summed E-state index contributed by atoms with van der Waals surface area (Å²) in [7, 11) is 0. The van der Waals surface area contributed by atoms with Crippen LogP contribution >= 0.6 is 15.9 Å². The molecule has 8 nitrogen and oxygen atoms in total. The van der Waals surface area contributed by atoms with Crippen molar-refractivity contribution < 1.29 is 19.2 Å². The summed E-state index contributed by atoms with van der Waals surface area (Å²) in [5.74, 6) is -1.37. The van der Waals surface area contributed by atoms with Gasteiger partial charge in [-0.05, 0) is 48.9 Å². The molecule has 0 atom stereocenters. The van der Waals surface area contributed by atoms with Gasteiger partial charge in [0.05, 0.1) is 17.2 Å². The van der Waals surface area contributed by atoms with Crippen molar-refractivity contribution in [3.05, 3.63) is 58.1 Å². The number of halogens is 1. The maximum absolute atomic E-state index is 12.4. The predicted molar refractivity (Wildman–Crippen MR) is 113 cm³/mol. The van der Waals surface area contributed by atoms with Gasteiger partial charge in [-0.3, -0.25) is 24.1 Å². The first-order valence-corrected chi connectivity index (χ1v) is 9.91. The van der Waals surface area contributed by atoms with Crippen LogP contribution in [0.3, 0.4) is 0 Å². The molecular formula is C21H17BrN4O4. The van der Waals surface area contributed by atoms with Gasteiger partial charge < -0.3 is 10.6 Å². The highest BCUT2D eigenvalue weighted by molar-refractivity contribution is 9.10. The summed E-state index contributed by atoms with van der Waals surface area (Å²) < 4.78 is 0.722. The average molecular weight is 469 g/mol. The number of nitrogens with one attached hydrogen (secondary N) is 2. The topological polar surface area (TPSA) is 119 Å². The largest absolute Gasteiger partial charge is 0.326 e. The fraction of sp³-hybridized carbons (Fsp3) is 0.190. The van der Waals surface area contributed by atoms with Crippen LogP contribution in [-0.4, -0.2) is 35.1 Å². The Kier molecular flexibility index (Phi) is 6.59. The van der Waals surface area contributed by atoms with E-state index in [1.165, 1.54) is 0 Å². The molecule has 1 aliphatic heterocycles. The van der Waals surface area contributed by atoms with E-state index in [0.29, 0.717) is 28.9 Å². The lowest BCUT2D eigenvalue weighted by atomic mass is 10.1. The van der Waals surface area contributed by atoms with Crippen LogP contribution in [-0.2, 0) is 9.59 Å². The molecule has 0 radical (unpaired) electrons. The van der Waals surface area contributed by atoms with E-state index in [9.17, 15) is 19.2 Å². The number of nitriles is 1. The molecule has 3 rings (SSSR count). The summed E-state index contributed by atoms with van der Waals surface area (Å²) >= 11 is 3.29. The van der Waals surface area contributed by atoms with Gasteiger partial charge in [-0.15, -0.1) is 0 Å². The number of amides is 4. The fourth-order valence-electron chi connectivity index (χ4n) is 3.00. The van der Waals surface area contributed by atoms with Crippen LogP contribution in [0.5, 0.6) is 0 Å². The van der Waals surface area contributed by atoms with Gasteiger partial charge in [0.2, 0.25) is 11.8 Å². The molecule has 1 aliphatic rings. The molecule has 0 saturated heterocycles. The summed E-state index contributed by atoms with van der Waals surface area (Å²) in [4.78, 5) is 49.5. The van der Waals surface area contributed by atoms with Gasteiger partial charge in [0.25, 0.3) is 11.8 Å². The Labute approximate surface area is 181 Å². The number of carbonyl (C=O) groups excluding carboxylic acids is 4. The number of anilines is 2. The zero-order valence-electron chi connectivity index (χ0n) is 15.8. The van der Waals surface area contributed by atoms with Gasteiger partial charge in [0.15, 0.2) is 0 Å². The molecule has 0 bridgehead atoms. The average Bonchev–Trinajstić information content (AvgIpc) is 2.94. The van der Waals surface area contributed by atoms with Crippen molar-refractivity contribution in [3.63, 3.8) is 0 Å². The molecule has 0 spiro atoms. The summed E-state index contributed by atoms with van der Waals surface area (Å²) in [6.07, 6.45) is 0.237. The number of rotatable bonds is 7. The van der Waals surface area contributed by atoms with Crippen molar-refractivity contribution in [2.45, 2.75) is 19.3 Å². The lowest BCUT2D eigenvalue weighted by Gasteiger charge is -2.13. The second kappa shape index (κ2) is 9.33. The second-order valence-corrected chi connectivity index (χ2v) is 7.48. The normalized spacial score (nSPS) is 12.3. The molecule has 152 valence electrons. The smallest absolute Gasteiger partial charge is 0.261 e. The molecule has 9 heteroatoms. The SMILES string of the molecule is N#CCC(=O)Nc1ccc(NC(=O)CCCN2C(=O)c3ccc(Br)cc3C2=O)cc1. The third-order valence-corrected chi connectivity index (χ3v) is 4.90. The first-order chi connectivity index (χ1) is 14.4. The Hall–Kier alpha value is -3.51. The zero-order valence-corrected chi connectivity index (χ0v) is 17.4. The lowest BCUT2D eigenvalue weighted by Crippen LogP contribution is -2.31. The summed E-state index contributed by atoms with van der Waals surface area (Å²) in [5, 5.41) is 13.8. The van der Waals surface area contributed by atoms with E-state index >= 15 is 0 Å². The Morgan fingerprint density at radius 3 is 2.17 bits per heavy atom. The molecule has 0 unspecified atom stereocenters. The van der Waals surface area contributed by atoms with Gasteiger partial charge >= 0.3 is 0 Å². The minimum Gasteiger partial charge on any atom is -0.326 e. The van der Waals surface area contributed by atoms with Crippen LogP contribution in [0.1, 0.15) is 40.0 Å². The number of nitrogens with zero attached hydrogens (tertiary/aromatic N) is 2. The minimum absolute atomic E-state index is 0.137. The van der Waals surface area contributed by atoms with Crippen molar-refractivity contribution in [1.82, 2.24) is 4.90 Å². The van der Waals surface area contributed by atoms with Gasteiger partial charge in [-0.2, -0.15) is 5.26 Å². The number of imide groups is 1. The highest BCUT2D eigenvalue weighted by Gasteiger charge is 2.35. The maximum atomic E-state index is 12.4. The fourth-order valence-corrected chi connectivity index (χ4v) is 3.36. The third-order valence-electron chi connectivity index (χ3n) is 4.41. The molecule has 2 aromatic carbocycles. The molecule has 30 heavy (non-hydrogen) atoms. The first-order valence-electron chi connectivity index (χ1n) is 9.11. The van der Waals surface area contributed by atoms with Crippen molar-refractivity contribution >= 4 is 50.9 Å². The zero-order chi connectivity index (χ0) is 21.7. The number of hydrogen-bond acceptors (Lipinski definition) is 5. The van der Waals surface area contributed by atoms with E-state index in [0.717, 1.165) is 9.37 Å². The summed E-state index contributed by atoms with van der Waals surface area (Å²) in [6, 6.07) is 13.2. The molecule has 0 saturated carbocycles. The first kappa shape index (κ1) is 21.2. The van der Waals surface area contributed by atoms with Crippen LogP contribution < -0.4 is 10.6 Å². The standard InChI is InChI=1S/C21H17BrN4O4/c22-13-3-8-16-17(12-13)21(30)26(20(16)29)11-1-2-18(27)24-14-4-6-15(7-5-14)25-19(28)9-10-23/h3-8,12H,1-2,9,11H2,(H,24,27)(H,25,28). The second-order valence-electron chi connectivity index (χ2n) is 6.56. The summed E-state index contributed by atoms with van der Waals surface area (Å²) in [6.45, 7) is 0.154. The Morgan fingerprint density at radius 1 is 0.933 bits per heavy atom. The van der Waals surface area contributed by atoms with Crippen molar-refractivity contribution in [2.75, 3.05) is 17.2 Å². The predicted octanol–water partition coefficient (Wildman–Crippen LogP) is 3.32. The van der Waals surface area contributed by atoms with E-state index in [-0.39, 0.29) is 37.1 Å². The number of fused-ring (bicyclic) bond motifs is 1. The van der Waals surface area contributed by atoms with Crippen LogP contribution in [0.25, 0.3) is 0 Å². The molecular weight excluding hydrogens is 452 g/mol. The number of benzene rings is 2. The Bertz CT molecular complexity index is 1060. The maximum Gasteiger partial charge on any atom is 0.261 e. The highest BCUT2D eigenvalue weighted by atomic mass is 79.9. The molecule has 2 N–H and O–H groups in total. The van der Waals surface area contributed by atoms with E-state index in [2.05, 4.69) is 26.6 Å². The van der Waals surface area contributed by atoms with Crippen molar-refractivity contribution in [2.24, 2.45) is 0 Å². The Morgan fingerprint density at radius 2 is 1.53 bits per heavy atom. The van der Waals surface area contributed by atoms with E-state index < -0.39 is 5.91 Å². The minimum atomic E-state index is -0.408. The monoisotopic (exact) mass is 468 g/mol. The van der Waals surface area contributed by atoms with E-state index in [1.54, 1.807) is 48.5 Å². The van der Waals surface area contributed by atoms with Crippen LogP contribution in [0.2, 0.25) is 0 Å². The number of hydrogen-bond donors (Lipinski definition) is 2. The molecule has 0 fully saturated rings. The third kappa shape index (κ3) is 4.90. The van der Waals surface area contributed by atoms with E-state index in [4.69, 9.17) is 5.26 Å². The van der Waals surface area contributed by atoms with Gasteiger partial charge in [0.1, 0.15) is 6.42 Å². The lowest BCUT2D eigenvalue weighted by molar-refractivity contribution is -0.116. The summed E-state index contributed by atoms with van der Waals surface area (Å²) in [5.41, 5.74) is 1.80. The van der Waals surface area contributed by atoms with Crippen molar-refractivity contribution in [1.29, 1.82) is 5.26 Å².